The van der Waals surface area contributed by atoms with E-state index in [2.05, 4.69) is 20.9 Å². The molecule has 31 heavy (non-hydrogen) atoms. The normalized spacial score (nSPS) is 20.4. The van der Waals surface area contributed by atoms with Gasteiger partial charge in [-0.15, -0.1) is 0 Å². The van der Waals surface area contributed by atoms with E-state index in [0.29, 0.717) is 36.6 Å². The maximum atomic E-state index is 12.6. The number of carbonyl (C=O) groups is 2. The van der Waals surface area contributed by atoms with E-state index < -0.39 is 5.54 Å². The molecule has 1 saturated carbocycles. The van der Waals surface area contributed by atoms with E-state index in [1.54, 1.807) is 19.3 Å². The van der Waals surface area contributed by atoms with Crippen LogP contribution in [0.1, 0.15) is 45.5 Å². The van der Waals surface area contributed by atoms with Crippen LogP contribution in [0.4, 0.5) is 5.82 Å². The number of hydrogen-bond acceptors (Lipinski definition) is 6. The van der Waals surface area contributed by atoms with E-state index >= 15 is 0 Å². The molecular formula is C23H28N4O4. The van der Waals surface area contributed by atoms with E-state index in [4.69, 9.17) is 4.74 Å². The van der Waals surface area contributed by atoms with Crippen molar-refractivity contribution in [2.24, 2.45) is 0 Å². The quantitative estimate of drug-likeness (QED) is 0.540. The summed E-state index contributed by atoms with van der Waals surface area (Å²) >= 11 is 0. The summed E-state index contributed by atoms with van der Waals surface area (Å²) in [6.45, 7) is 2.72. The second kappa shape index (κ2) is 8.64. The molecule has 0 radical (unpaired) electrons. The number of aryl methyl sites for hydroxylation is 1. The van der Waals surface area contributed by atoms with Gasteiger partial charge >= 0.3 is 0 Å². The molecule has 2 fully saturated rings. The van der Waals surface area contributed by atoms with Crippen molar-refractivity contribution < 1.29 is 19.4 Å². The van der Waals surface area contributed by atoms with Crippen LogP contribution in [0, 0.1) is 6.92 Å². The lowest BCUT2D eigenvalue weighted by molar-refractivity contribution is 0.0946. The summed E-state index contributed by atoms with van der Waals surface area (Å²) in [6.07, 6.45) is 4.36. The van der Waals surface area contributed by atoms with Crippen molar-refractivity contribution in [3.05, 3.63) is 47.2 Å². The molecule has 0 bridgehead atoms. The van der Waals surface area contributed by atoms with E-state index in [1.807, 2.05) is 25.1 Å². The van der Waals surface area contributed by atoms with Gasteiger partial charge in [0.25, 0.3) is 11.8 Å². The van der Waals surface area contributed by atoms with Gasteiger partial charge in [0, 0.05) is 37.0 Å². The van der Waals surface area contributed by atoms with Crippen LogP contribution in [0.5, 0.6) is 0 Å². The lowest BCUT2D eigenvalue weighted by Crippen LogP contribution is -2.43. The van der Waals surface area contributed by atoms with E-state index in [0.717, 1.165) is 29.5 Å². The Morgan fingerprint density at radius 1 is 1.26 bits per heavy atom. The fraction of sp³-hybridized carbons (Fsp3) is 0.435. The Labute approximate surface area is 181 Å². The van der Waals surface area contributed by atoms with Crippen molar-refractivity contribution in [2.45, 2.75) is 37.8 Å². The molecule has 1 aliphatic carbocycles. The van der Waals surface area contributed by atoms with Gasteiger partial charge in [-0.1, -0.05) is 6.07 Å². The Morgan fingerprint density at radius 3 is 2.71 bits per heavy atom. The first-order chi connectivity index (χ1) is 14.9. The van der Waals surface area contributed by atoms with Crippen LogP contribution in [0.25, 0.3) is 11.1 Å². The highest BCUT2D eigenvalue weighted by Crippen LogP contribution is 2.30. The Kier molecular flexibility index (Phi) is 5.93. The maximum absolute atomic E-state index is 12.6. The highest BCUT2D eigenvalue weighted by atomic mass is 16.5. The molecule has 8 heteroatoms. The van der Waals surface area contributed by atoms with Crippen molar-refractivity contribution in [1.29, 1.82) is 0 Å². The fourth-order valence-electron chi connectivity index (χ4n) is 3.71. The second-order valence-electron chi connectivity index (χ2n) is 8.34. The first kappa shape index (κ1) is 21.3. The zero-order chi connectivity index (χ0) is 22.0. The topological polar surface area (TPSA) is 113 Å². The Morgan fingerprint density at radius 2 is 2.06 bits per heavy atom. The summed E-state index contributed by atoms with van der Waals surface area (Å²) in [7, 11) is 1.56. The Bertz CT molecular complexity index is 997. The van der Waals surface area contributed by atoms with Gasteiger partial charge in [-0.3, -0.25) is 9.59 Å². The molecule has 8 nitrogen and oxygen atoms in total. The Hall–Kier alpha value is -2.97. The third-order valence-electron chi connectivity index (χ3n) is 5.87. The molecule has 1 aromatic heterocycles. The van der Waals surface area contributed by atoms with Crippen molar-refractivity contribution in [2.75, 3.05) is 32.2 Å². The number of anilines is 1. The maximum Gasteiger partial charge on any atom is 0.254 e. The Balaban J connectivity index is 1.69. The van der Waals surface area contributed by atoms with Gasteiger partial charge in [0.2, 0.25) is 0 Å². The number of aromatic nitrogens is 1. The third kappa shape index (κ3) is 4.55. The molecule has 2 amide bonds. The first-order valence-electron chi connectivity index (χ1n) is 10.6. The fourth-order valence-corrected chi connectivity index (χ4v) is 3.71. The number of carbonyl (C=O) groups excluding carboxylic acids is 2. The number of benzene rings is 1. The minimum Gasteiger partial charge on any atom is -0.394 e. The van der Waals surface area contributed by atoms with Gasteiger partial charge in [0.1, 0.15) is 5.82 Å². The molecule has 1 unspecified atom stereocenters. The molecule has 2 aliphatic rings. The zero-order valence-corrected chi connectivity index (χ0v) is 17.8. The number of nitrogens with zero attached hydrogens (tertiary/aromatic N) is 1. The van der Waals surface area contributed by atoms with Crippen LogP contribution in [-0.4, -0.2) is 60.4 Å². The van der Waals surface area contributed by atoms with Gasteiger partial charge < -0.3 is 25.8 Å². The smallest absolute Gasteiger partial charge is 0.254 e. The average molecular weight is 425 g/mol. The van der Waals surface area contributed by atoms with E-state index in [-0.39, 0.29) is 24.5 Å². The number of pyridine rings is 1. The van der Waals surface area contributed by atoms with Gasteiger partial charge in [-0.25, -0.2) is 4.98 Å². The molecule has 1 atom stereocenters. The lowest BCUT2D eigenvalue weighted by Gasteiger charge is -2.28. The average Bonchev–Trinajstić information content (AvgIpc) is 3.48. The summed E-state index contributed by atoms with van der Waals surface area (Å²) in [6, 6.07) is 7.59. The number of ether oxygens (including phenoxy) is 1. The van der Waals surface area contributed by atoms with Crippen LogP contribution in [0.2, 0.25) is 0 Å². The summed E-state index contributed by atoms with van der Waals surface area (Å²) in [5, 5.41) is 18.8. The zero-order valence-electron chi connectivity index (χ0n) is 17.8. The number of hydrogen-bond donors (Lipinski definition) is 4. The van der Waals surface area contributed by atoms with Crippen molar-refractivity contribution in [1.82, 2.24) is 15.6 Å². The van der Waals surface area contributed by atoms with Gasteiger partial charge in [-0.05, 0) is 55.5 Å². The minimum absolute atomic E-state index is 0.0901. The molecule has 0 spiro atoms. The number of aliphatic hydroxyl groups excluding tert-OH is 1. The number of nitrogens with one attached hydrogen (secondary N) is 3. The predicted octanol–water partition coefficient (Wildman–Crippen LogP) is 1.87. The SMILES string of the molecule is CNC(=O)c1cc(-c2cc(C(=O)NC3CC3)ccc2C)cnc1NC1(CO)CCOC1. The lowest BCUT2D eigenvalue weighted by atomic mass is 9.96. The van der Waals surface area contributed by atoms with Crippen molar-refractivity contribution >= 4 is 17.6 Å². The van der Waals surface area contributed by atoms with Gasteiger partial charge in [0.15, 0.2) is 0 Å². The highest BCUT2D eigenvalue weighted by molar-refractivity contribution is 6.00. The minimum atomic E-state index is -0.659. The highest BCUT2D eigenvalue weighted by Gasteiger charge is 2.35. The number of amides is 2. The van der Waals surface area contributed by atoms with Crippen LogP contribution in [-0.2, 0) is 4.74 Å². The van der Waals surface area contributed by atoms with Crippen molar-refractivity contribution in [3.63, 3.8) is 0 Å². The molecular weight excluding hydrogens is 396 g/mol. The molecule has 1 aliphatic heterocycles. The predicted molar refractivity (Wildman–Crippen MR) is 117 cm³/mol. The monoisotopic (exact) mass is 424 g/mol. The van der Waals surface area contributed by atoms with Crippen molar-refractivity contribution in [3.8, 4) is 11.1 Å². The second-order valence-corrected chi connectivity index (χ2v) is 8.34. The summed E-state index contributed by atoms with van der Waals surface area (Å²) in [5.74, 6) is 0.0136. The van der Waals surface area contributed by atoms with Crippen LogP contribution in [0.15, 0.2) is 30.5 Å². The van der Waals surface area contributed by atoms with Crippen LogP contribution >= 0.6 is 0 Å². The molecule has 1 aromatic carbocycles. The number of aliphatic hydroxyl groups is 1. The summed E-state index contributed by atoms with van der Waals surface area (Å²) in [5.41, 5.74) is 2.85. The largest absolute Gasteiger partial charge is 0.394 e. The van der Waals surface area contributed by atoms with Crippen LogP contribution < -0.4 is 16.0 Å². The van der Waals surface area contributed by atoms with E-state index in [9.17, 15) is 14.7 Å². The molecule has 1 saturated heterocycles. The van der Waals surface area contributed by atoms with E-state index in [1.165, 1.54) is 0 Å². The summed E-state index contributed by atoms with van der Waals surface area (Å²) < 4.78 is 5.44. The molecule has 4 rings (SSSR count). The van der Waals surface area contributed by atoms with Gasteiger partial charge in [0.05, 0.1) is 24.3 Å². The molecule has 2 aromatic rings. The van der Waals surface area contributed by atoms with Gasteiger partial charge in [-0.2, -0.15) is 0 Å². The number of rotatable bonds is 7. The molecule has 4 N–H and O–H groups in total. The molecule has 164 valence electrons. The van der Waals surface area contributed by atoms with Crippen LogP contribution in [0.3, 0.4) is 0 Å². The standard InChI is InChI=1S/C23H28N4O4/c1-14-3-4-15(21(29)26-17-5-6-17)9-18(14)16-10-19(22(30)24-2)20(25-11-16)27-23(12-28)7-8-31-13-23/h3-4,9-11,17,28H,5-8,12-13H2,1-2H3,(H,24,30)(H,25,27)(H,26,29). The first-order valence-corrected chi connectivity index (χ1v) is 10.6. The summed E-state index contributed by atoms with van der Waals surface area (Å²) in [4.78, 5) is 29.6. The third-order valence-corrected chi connectivity index (χ3v) is 5.87. The molecule has 2 heterocycles.